The molecule has 0 heterocycles. The Morgan fingerprint density at radius 3 is 2.32 bits per heavy atom. The second-order valence-electron chi connectivity index (χ2n) is 3.95. The quantitative estimate of drug-likeness (QED) is 0.430. The third-order valence-corrected chi connectivity index (χ3v) is 2.32. The highest BCUT2D eigenvalue weighted by Gasteiger charge is 2.01. The first kappa shape index (κ1) is 15.0. The molecule has 0 N–H and O–H groups in total. The second kappa shape index (κ2) is 8.91. The van der Waals surface area contributed by atoms with Gasteiger partial charge in [-0.3, -0.25) is 0 Å². The van der Waals surface area contributed by atoms with Gasteiger partial charge >= 0.3 is 11.9 Å². The number of hydrogen-bond acceptors (Lipinski definition) is 4. The van der Waals surface area contributed by atoms with Crippen LogP contribution in [0.1, 0.15) is 25.3 Å². The summed E-state index contributed by atoms with van der Waals surface area (Å²) < 4.78 is 9.83. The monoisotopic (exact) mass is 262 g/mol. The van der Waals surface area contributed by atoms with Crippen molar-refractivity contribution < 1.29 is 19.1 Å². The van der Waals surface area contributed by atoms with Gasteiger partial charge in [0.1, 0.15) is 6.61 Å². The highest BCUT2D eigenvalue weighted by atomic mass is 16.5. The molecule has 0 radical (unpaired) electrons. The molecule has 0 aliphatic carbocycles. The van der Waals surface area contributed by atoms with Gasteiger partial charge in [0.2, 0.25) is 0 Å². The van der Waals surface area contributed by atoms with Crippen LogP contribution >= 0.6 is 0 Å². The predicted molar refractivity (Wildman–Crippen MR) is 71.2 cm³/mol. The van der Waals surface area contributed by atoms with E-state index in [-0.39, 0.29) is 6.61 Å². The molecule has 0 saturated carbocycles. The van der Waals surface area contributed by atoms with Gasteiger partial charge < -0.3 is 9.47 Å². The highest BCUT2D eigenvalue weighted by Crippen LogP contribution is 2.01. The summed E-state index contributed by atoms with van der Waals surface area (Å²) in [7, 11) is 0. The van der Waals surface area contributed by atoms with Crippen molar-refractivity contribution in [2.75, 3.05) is 6.61 Å². The first-order chi connectivity index (χ1) is 9.22. The molecule has 0 atom stereocenters. The van der Waals surface area contributed by atoms with Crippen LogP contribution in [0.5, 0.6) is 0 Å². The molecular weight excluding hydrogens is 244 g/mol. The maximum atomic E-state index is 11.3. The molecule has 1 aromatic rings. The van der Waals surface area contributed by atoms with Crippen LogP contribution in [-0.2, 0) is 25.7 Å². The summed E-state index contributed by atoms with van der Waals surface area (Å²) in [6, 6.07) is 9.33. The molecule has 0 fully saturated rings. The molecule has 4 heteroatoms. The van der Waals surface area contributed by atoms with E-state index >= 15 is 0 Å². The second-order valence-corrected chi connectivity index (χ2v) is 3.95. The number of carbonyl (C=O) groups excluding carboxylic acids is 2. The lowest BCUT2D eigenvalue weighted by Crippen LogP contribution is -2.05. The lowest BCUT2D eigenvalue weighted by atomic mass is 10.2. The molecule has 4 nitrogen and oxygen atoms in total. The fourth-order valence-corrected chi connectivity index (χ4v) is 1.28. The Morgan fingerprint density at radius 2 is 1.68 bits per heavy atom. The molecular formula is C15H18O4. The zero-order valence-corrected chi connectivity index (χ0v) is 11.0. The highest BCUT2D eigenvalue weighted by molar-refractivity contribution is 5.91. The molecule has 0 aliphatic heterocycles. The van der Waals surface area contributed by atoms with E-state index in [0.29, 0.717) is 6.61 Å². The van der Waals surface area contributed by atoms with Crippen molar-refractivity contribution in [3.05, 3.63) is 48.0 Å². The number of rotatable bonds is 7. The van der Waals surface area contributed by atoms with Crippen LogP contribution in [0.3, 0.4) is 0 Å². The number of carbonyl (C=O) groups is 2. The lowest BCUT2D eigenvalue weighted by molar-refractivity contribution is -0.141. The van der Waals surface area contributed by atoms with Gasteiger partial charge in [0.05, 0.1) is 6.61 Å². The SMILES string of the molecule is CCCCOC(=O)/C=C\C(=O)OCc1ccccc1. The van der Waals surface area contributed by atoms with Gasteiger partial charge in [-0.05, 0) is 12.0 Å². The van der Waals surface area contributed by atoms with E-state index in [9.17, 15) is 9.59 Å². The molecule has 0 amide bonds. The predicted octanol–water partition coefficient (Wildman–Crippen LogP) is 2.63. The Balaban J connectivity index is 2.25. The Labute approximate surface area is 113 Å². The maximum absolute atomic E-state index is 11.3. The van der Waals surface area contributed by atoms with Crippen molar-refractivity contribution >= 4 is 11.9 Å². The van der Waals surface area contributed by atoms with E-state index in [1.165, 1.54) is 0 Å². The van der Waals surface area contributed by atoms with E-state index in [2.05, 4.69) is 0 Å². The van der Waals surface area contributed by atoms with Gasteiger partial charge in [0.25, 0.3) is 0 Å². The summed E-state index contributed by atoms with van der Waals surface area (Å²) >= 11 is 0. The zero-order valence-electron chi connectivity index (χ0n) is 11.0. The van der Waals surface area contributed by atoms with E-state index in [1.807, 2.05) is 37.3 Å². The zero-order chi connectivity index (χ0) is 13.9. The average Bonchev–Trinajstić information content (AvgIpc) is 2.44. The van der Waals surface area contributed by atoms with Gasteiger partial charge in [0.15, 0.2) is 0 Å². The summed E-state index contributed by atoms with van der Waals surface area (Å²) in [5.74, 6) is -1.08. The number of esters is 2. The number of unbranched alkanes of at least 4 members (excludes halogenated alkanes) is 1. The van der Waals surface area contributed by atoms with Crippen molar-refractivity contribution in [1.82, 2.24) is 0 Å². The minimum atomic E-state index is -0.559. The fourth-order valence-electron chi connectivity index (χ4n) is 1.28. The lowest BCUT2D eigenvalue weighted by Gasteiger charge is -2.01. The molecule has 102 valence electrons. The summed E-state index contributed by atoms with van der Waals surface area (Å²) in [4.78, 5) is 22.5. The third-order valence-electron chi connectivity index (χ3n) is 2.32. The molecule has 0 bridgehead atoms. The Hall–Kier alpha value is -2.10. The largest absolute Gasteiger partial charge is 0.463 e. The van der Waals surface area contributed by atoms with Crippen LogP contribution in [0.15, 0.2) is 42.5 Å². The molecule has 1 aromatic carbocycles. The minimum absolute atomic E-state index is 0.189. The third kappa shape index (κ3) is 7.03. The topological polar surface area (TPSA) is 52.6 Å². The van der Waals surface area contributed by atoms with Crippen molar-refractivity contribution in [2.45, 2.75) is 26.4 Å². The van der Waals surface area contributed by atoms with Crippen molar-refractivity contribution in [3.8, 4) is 0 Å². The first-order valence-electron chi connectivity index (χ1n) is 6.28. The maximum Gasteiger partial charge on any atom is 0.331 e. The summed E-state index contributed by atoms with van der Waals surface area (Å²) in [6.07, 6.45) is 3.94. The van der Waals surface area contributed by atoms with Gasteiger partial charge in [-0.2, -0.15) is 0 Å². The summed E-state index contributed by atoms with van der Waals surface area (Å²) in [6.45, 7) is 2.57. The molecule has 0 spiro atoms. The number of ether oxygens (including phenoxy) is 2. The molecule has 1 rings (SSSR count). The summed E-state index contributed by atoms with van der Waals surface area (Å²) in [5, 5.41) is 0. The molecule has 0 saturated heterocycles. The van der Waals surface area contributed by atoms with Crippen molar-refractivity contribution in [1.29, 1.82) is 0 Å². The minimum Gasteiger partial charge on any atom is -0.463 e. The Morgan fingerprint density at radius 1 is 1.05 bits per heavy atom. The normalized spacial score (nSPS) is 10.4. The smallest absolute Gasteiger partial charge is 0.331 e. The Bertz CT molecular complexity index is 423. The summed E-state index contributed by atoms with van der Waals surface area (Å²) in [5.41, 5.74) is 0.898. The fraction of sp³-hybridized carbons (Fsp3) is 0.333. The van der Waals surface area contributed by atoms with Crippen LogP contribution in [-0.4, -0.2) is 18.5 Å². The van der Waals surface area contributed by atoms with E-state index in [4.69, 9.17) is 9.47 Å². The van der Waals surface area contributed by atoms with E-state index in [0.717, 1.165) is 30.6 Å². The molecule has 0 aromatic heterocycles. The number of benzene rings is 1. The van der Waals surface area contributed by atoms with Gasteiger partial charge in [0, 0.05) is 12.2 Å². The van der Waals surface area contributed by atoms with Crippen LogP contribution in [0, 0.1) is 0 Å². The molecule has 19 heavy (non-hydrogen) atoms. The van der Waals surface area contributed by atoms with Crippen LogP contribution in [0.2, 0.25) is 0 Å². The molecule has 0 aliphatic rings. The van der Waals surface area contributed by atoms with E-state index < -0.39 is 11.9 Å². The van der Waals surface area contributed by atoms with E-state index in [1.54, 1.807) is 0 Å². The Kier molecular flexibility index (Phi) is 7.02. The van der Waals surface area contributed by atoms with Crippen LogP contribution < -0.4 is 0 Å². The van der Waals surface area contributed by atoms with Gasteiger partial charge in [-0.1, -0.05) is 43.7 Å². The molecule has 0 unspecified atom stereocenters. The van der Waals surface area contributed by atoms with Crippen LogP contribution in [0.25, 0.3) is 0 Å². The number of hydrogen-bond donors (Lipinski definition) is 0. The van der Waals surface area contributed by atoms with Gasteiger partial charge in [-0.15, -0.1) is 0 Å². The average molecular weight is 262 g/mol. The standard InChI is InChI=1S/C15H18O4/c1-2-3-11-18-14(16)9-10-15(17)19-12-13-7-5-4-6-8-13/h4-10H,2-3,11-12H2,1H3/b10-9-. The van der Waals surface area contributed by atoms with Crippen LogP contribution in [0.4, 0.5) is 0 Å². The van der Waals surface area contributed by atoms with Gasteiger partial charge in [-0.25, -0.2) is 9.59 Å². The van der Waals surface area contributed by atoms with Crippen molar-refractivity contribution in [2.24, 2.45) is 0 Å². The van der Waals surface area contributed by atoms with Crippen molar-refractivity contribution in [3.63, 3.8) is 0 Å². The first-order valence-corrected chi connectivity index (χ1v) is 6.28.